The Morgan fingerprint density at radius 1 is 0.180 bits per heavy atom. The van der Waals surface area contributed by atoms with Gasteiger partial charge in [0, 0.05) is 7.11 Å². The lowest BCUT2D eigenvalue weighted by Gasteiger charge is -2.09. The summed E-state index contributed by atoms with van der Waals surface area (Å²) in [6, 6.07) is 0. The molecule has 368 valence electrons. The van der Waals surface area contributed by atoms with Crippen molar-refractivity contribution in [3.8, 4) is 0 Å². The van der Waals surface area contributed by atoms with Crippen molar-refractivity contribution < 1.29 is 99.8 Å². The molecule has 21 heteroatoms. The fourth-order valence-corrected chi connectivity index (χ4v) is 4.17. The molecule has 0 fully saturated rings. The summed E-state index contributed by atoms with van der Waals surface area (Å²) in [7, 11) is 1.58. The van der Waals surface area contributed by atoms with Crippen molar-refractivity contribution in [3.63, 3.8) is 0 Å². The summed E-state index contributed by atoms with van der Waals surface area (Å²) in [6.45, 7) is 18.5. The molecule has 0 aliphatic carbocycles. The number of aliphatic hydroxyl groups excluding tert-OH is 1. The van der Waals surface area contributed by atoms with Crippen molar-refractivity contribution in [2.45, 2.75) is 0 Å². The van der Waals surface area contributed by atoms with Crippen LogP contribution in [-0.2, 0) is 94.7 Å². The maximum Gasteiger partial charge on any atom is 0.146 e. The lowest BCUT2D eigenvalue weighted by atomic mass is 10.6. The normalized spacial score (nSPS) is 11.7. The second-order valence-corrected chi connectivity index (χ2v) is 12.1. The van der Waals surface area contributed by atoms with Crippen molar-refractivity contribution in [3.05, 3.63) is 0 Å². The van der Waals surface area contributed by atoms with Gasteiger partial charge in [-0.1, -0.05) is 0 Å². The summed E-state index contributed by atoms with van der Waals surface area (Å²) in [6.07, 6.45) is 0. The highest BCUT2D eigenvalue weighted by Gasteiger charge is 1.99. The summed E-state index contributed by atoms with van der Waals surface area (Å²) in [5, 5.41) is 8.60. The minimum Gasteiger partial charge on any atom is -0.394 e. The van der Waals surface area contributed by atoms with Crippen LogP contribution in [-0.4, -0.2) is 270 Å². The van der Waals surface area contributed by atoms with E-state index < -0.39 is 0 Å². The third kappa shape index (κ3) is 59.2. The van der Waals surface area contributed by atoms with Crippen molar-refractivity contribution in [1.82, 2.24) is 0 Å². The molecule has 0 aromatic heterocycles. The SMILES string of the molecule is COCOCCOCCOCCOCCOCCOCCOCCOCCOCCOCCOCCOCCOCCOCCOCCOCCOCCOCCOCCO. The van der Waals surface area contributed by atoms with Gasteiger partial charge in [0.05, 0.1) is 251 Å². The fourth-order valence-electron chi connectivity index (χ4n) is 4.17. The molecule has 61 heavy (non-hydrogen) atoms. The molecule has 0 amide bonds. The van der Waals surface area contributed by atoms with Gasteiger partial charge in [-0.3, -0.25) is 0 Å². The number of hydrogen-bond donors (Lipinski definition) is 1. The topological polar surface area (TPSA) is 205 Å². The van der Waals surface area contributed by atoms with Crippen LogP contribution in [0.15, 0.2) is 0 Å². The third-order valence-electron chi connectivity index (χ3n) is 7.13. The number of hydrogen-bond acceptors (Lipinski definition) is 21. The quantitative estimate of drug-likeness (QED) is 0.0625. The maximum atomic E-state index is 8.60. The standard InChI is InChI=1S/C40H82O21/c1-42-40-61-39-38-60-37-36-59-35-34-58-33-32-57-31-30-56-29-28-55-27-26-54-25-24-53-23-22-52-21-20-51-19-18-50-17-16-49-15-14-48-13-12-47-11-10-46-9-8-45-7-6-44-5-4-43-3-2-41/h41H,2-40H2,1H3. The summed E-state index contributed by atoms with van der Waals surface area (Å²) >= 11 is 0. The second-order valence-electron chi connectivity index (χ2n) is 12.1. The molecular weight excluding hydrogens is 816 g/mol. The Labute approximate surface area is 364 Å². The molecule has 0 saturated carbocycles. The zero-order chi connectivity index (χ0) is 43.7. The monoisotopic (exact) mass is 899 g/mol. The van der Waals surface area contributed by atoms with Crippen LogP contribution < -0.4 is 0 Å². The van der Waals surface area contributed by atoms with Gasteiger partial charge in [-0.25, -0.2) is 0 Å². The van der Waals surface area contributed by atoms with E-state index in [0.717, 1.165) is 0 Å². The van der Waals surface area contributed by atoms with Gasteiger partial charge in [0.25, 0.3) is 0 Å². The summed E-state index contributed by atoms with van der Waals surface area (Å²) < 4.78 is 108. The molecule has 0 aromatic rings. The van der Waals surface area contributed by atoms with E-state index >= 15 is 0 Å². The Morgan fingerprint density at radius 2 is 0.295 bits per heavy atom. The fraction of sp³-hybridized carbons (Fsp3) is 1.00. The van der Waals surface area contributed by atoms with Crippen molar-refractivity contribution >= 4 is 0 Å². The Morgan fingerprint density at radius 3 is 0.410 bits per heavy atom. The van der Waals surface area contributed by atoms with Crippen molar-refractivity contribution in [2.24, 2.45) is 0 Å². The van der Waals surface area contributed by atoms with Crippen LogP contribution in [0.2, 0.25) is 0 Å². The lowest BCUT2D eigenvalue weighted by Crippen LogP contribution is -2.16. The molecule has 0 unspecified atom stereocenters. The average molecular weight is 899 g/mol. The molecule has 0 radical (unpaired) electrons. The Bertz CT molecular complexity index is 693. The zero-order valence-electron chi connectivity index (χ0n) is 37.2. The predicted octanol–water partition coefficient (Wildman–Crippen LogP) is -0.102. The molecule has 0 aliphatic rings. The minimum absolute atomic E-state index is 0.0201. The lowest BCUT2D eigenvalue weighted by molar-refractivity contribution is -0.0573. The molecule has 0 aromatic carbocycles. The van der Waals surface area contributed by atoms with Crippen molar-refractivity contribution in [2.75, 3.05) is 265 Å². The van der Waals surface area contributed by atoms with E-state index in [4.69, 9.17) is 99.8 Å². The van der Waals surface area contributed by atoms with E-state index in [2.05, 4.69) is 0 Å². The Balaban J connectivity index is 3.06. The van der Waals surface area contributed by atoms with Gasteiger partial charge in [-0.05, 0) is 0 Å². The Kier molecular flexibility index (Phi) is 58.3. The molecule has 0 saturated heterocycles. The molecule has 0 rings (SSSR count). The first kappa shape index (κ1) is 60.2. The van der Waals surface area contributed by atoms with Gasteiger partial charge in [0.2, 0.25) is 0 Å². The maximum absolute atomic E-state index is 8.60. The molecular formula is C40H82O21. The van der Waals surface area contributed by atoms with Crippen LogP contribution in [0.4, 0.5) is 0 Å². The first-order valence-corrected chi connectivity index (χ1v) is 21.5. The smallest absolute Gasteiger partial charge is 0.146 e. The highest BCUT2D eigenvalue weighted by molar-refractivity contribution is 4.41. The van der Waals surface area contributed by atoms with Crippen LogP contribution in [0.1, 0.15) is 0 Å². The third-order valence-corrected chi connectivity index (χ3v) is 7.13. The molecule has 0 spiro atoms. The molecule has 0 bridgehead atoms. The molecule has 0 atom stereocenters. The number of methoxy groups -OCH3 is 1. The van der Waals surface area contributed by atoms with Gasteiger partial charge in [-0.2, -0.15) is 0 Å². The molecule has 1 N–H and O–H groups in total. The average Bonchev–Trinajstić information content (AvgIpc) is 3.27. The first-order chi connectivity index (χ1) is 30.4. The van der Waals surface area contributed by atoms with E-state index in [1.54, 1.807) is 7.11 Å². The van der Waals surface area contributed by atoms with E-state index in [9.17, 15) is 0 Å². The van der Waals surface area contributed by atoms with Gasteiger partial charge >= 0.3 is 0 Å². The highest BCUT2D eigenvalue weighted by Crippen LogP contribution is 1.89. The van der Waals surface area contributed by atoms with Crippen molar-refractivity contribution in [1.29, 1.82) is 0 Å². The molecule has 21 nitrogen and oxygen atoms in total. The van der Waals surface area contributed by atoms with Crippen LogP contribution in [0.5, 0.6) is 0 Å². The van der Waals surface area contributed by atoms with Crippen LogP contribution in [0.3, 0.4) is 0 Å². The molecule has 0 aliphatic heterocycles. The van der Waals surface area contributed by atoms with Crippen LogP contribution in [0, 0.1) is 0 Å². The largest absolute Gasteiger partial charge is 0.394 e. The van der Waals surface area contributed by atoms with Gasteiger partial charge in [0.15, 0.2) is 0 Å². The van der Waals surface area contributed by atoms with Gasteiger partial charge in [-0.15, -0.1) is 0 Å². The van der Waals surface area contributed by atoms with E-state index in [0.29, 0.717) is 244 Å². The second kappa shape index (κ2) is 59.2. The summed E-state index contributed by atoms with van der Waals surface area (Å²) in [4.78, 5) is 0. The number of aliphatic hydroxyl groups is 1. The minimum atomic E-state index is 0.0201. The number of ether oxygens (including phenoxy) is 20. The van der Waals surface area contributed by atoms with E-state index in [1.165, 1.54) is 0 Å². The predicted molar refractivity (Wildman–Crippen MR) is 220 cm³/mol. The van der Waals surface area contributed by atoms with Crippen LogP contribution >= 0.6 is 0 Å². The van der Waals surface area contributed by atoms with Crippen LogP contribution in [0.25, 0.3) is 0 Å². The summed E-state index contributed by atoms with van der Waals surface area (Å²) in [5.41, 5.74) is 0. The molecule has 0 heterocycles. The highest BCUT2D eigenvalue weighted by atomic mass is 16.7. The van der Waals surface area contributed by atoms with E-state index in [-0.39, 0.29) is 13.4 Å². The Hall–Kier alpha value is -0.840. The number of rotatable bonds is 58. The zero-order valence-corrected chi connectivity index (χ0v) is 37.2. The summed E-state index contributed by atoms with van der Waals surface area (Å²) in [5.74, 6) is 0. The van der Waals surface area contributed by atoms with Gasteiger partial charge in [0.1, 0.15) is 6.79 Å². The van der Waals surface area contributed by atoms with E-state index in [1.807, 2.05) is 0 Å². The van der Waals surface area contributed by atoms with Gasteiger partial charge < -0.3 is 99.8 Å². The first-order valence-electron chi connectivity index (χ1n) is 21.5.